The number of nitriles is 1. The molecule has 0 saturated heterocycles. The van der Waals surface area contributed by atoms with Crippen LogP contribution in [-0.4, -0.2) is 4.92 Å². The standard InChI is InChI=1S/C3H3N3O2/c4-1-3(2-5)6(7)8/h1H,4H2/b3-1-. The predicted molar refractivity (Wildman–Crippen MR) is 24.9 cm³/mol. The Labute approximate surface area is 45.2 Å². The normalized spacial score (nSPS) is 10.1. The van der Waals surface area contributed by atoms with E-state index < -0.39 is 10.6 Å². The molecule has 0 aliphatic heterocycles. The molecule has 5 nitrogen and oxygen atoms in total. The van der Waals surface area contributed by atoms with Crippen LogP contribution in [0.15, 0.2) is 11.9 Å². The van der Waals surface area contributed by atoms with Gasteiger partial charge in [-0.25, -0.2) is 0 Å². The summed E-state index contributed by atoms with van der Waals surface area (Å²) in [7, 11) is 0. The molecule has 0 aromatic rings. The first kappa shape index (κ1) is 6.43. The highest BCUT2D eigenvalue weighted by Gasteiger charge is 2.04. The summed E-state index contributed by atoms with van der Waals surface area (Å²) in [4.78, 5) is 8.75. The van der Waals surface area contributed by atoms with Crippen LogP contribution in [0.4, 0.5) is 0 Å². The van der Waals surface area contributed by atoms with E-state index in [4.69, 9.17) is 5.26 Å². The maximum absolute atomic E-state index is 9.60. The molecule has 2 N–H and O–H groups in total. The fourth-order valence-electron chi connectivity index (χ4n) is 0.139. The van der Waals surface area contributed by atoms with E-state index in [-0.39, 0.29) is 0 Å². The Morgan fingerprint density at radius 1 is 2.00 bits per heavy atom. The van der Waals surface area contributed by atoms with E-state index in [9.17, 15) is 10.1 Å². The summed E-state index contributed by atoms with van der Waals surface area (Å²) in [5.41, 5.74) is 4.02. The van der Waals surface area contributed by atoms with Crippen LogP contribution in [0.5, 0.6) is 0 Å². The fourth-order valence-corrected chi connectivity index (χ4v) is 0.139. The van der Waals surface area contributed by atoms with Crippen molar-refractivity contribution in [1.82, 2.24) is 0 Å². The van der Waals surface area contributed by atoms with Crippen molar-refractivity contribution < 1.29 is 4.92 Å². The van der Waals surface area contributed by atoms with Crippen LogP contribution in [0.3, 0.4) is 0 Å². The average molecular weight is 113 g/mol. The van der Waals surface area contributed by atoms with Crippen molar-refractivity contribution in [3.8, 4) is 6.07 Å². The molecule has 0 aliphatic rings. The molecular formula is C3H3N3O2. The lowest BCUT2D eigenvalue weighted by molar-refractivity contribution is -0.417. The van der Waals surface area contributed by atoms with E-state index in [1.54, 1.807) is 0 Å². The van der Waals surface area contributed by atoms with Gasteiger partial charge < -0.3 is 5.73 Å². The smallest absolute Gasteiger partial charge is 0.360 e. The Balaban J connectivity index is 4.20. The monoisotopic (exact) mass is 113 g/mol. The fraction of sp³-hybridized carbons (Fsp3) is 0. The van der Waals surface area contributed by atoms with Crippen LogP contribution < -0.4 is 5.73 Å². The van der Waals surface area contributed by atoms with E-state index in [1.807, 2.05) is 0 Å². The summed E-state index contributed by atoms with van der Waals surface area (Å²) < 4.78 is 0. The summed E-state index contributed by atoms with van der Waals surface area (Å²) in [5.74, 6) is 0. The van der Waals surface area contributed by atoms with Gasteiger partial charge in [-0.2, -0.15) is 5.26 Å². The van der Waals surface area contributed by atoms with Crippen molar-refractivity contribution in [2.75, 3.05) is 0 Å². The van der Waals surface area contributed by atoms with E-state index in [0.717, 1.165) is 0 Å². The van der Waals surface area contributed by atoms with E-state index >= 15 is 0 Å². The molecule has 0 unspecified atom stereocenters. The molecule has 0 radical (unpaired) electrons. The number of allylic oxidation sites excluding steroid dienone is 1. The van der Waals surface area contributed by atoms with Crippen molar-refractivity contribution in [2.45, 2.75) is 0 Å². The van der Waals surface area contributed by atoms with Crippen LogP contribution in [-0.2, 0) is 0 Å². The van der Waals surface area contributed by atoms with Gasteiger partial charge in [0.15, 0.2) is 6.07 Å². The second kappa shape index (κ2) is 2.58. The lowest BCUT2D eigenvalue weighted by atomic mass is 10.5. The molecule has 0 bridgehead atoms. The van der Waals surface area contributed by atoms with Gasteiger partial charge in [0.1, 0.15) is 0 Å². The van der Waals surface area contributed by atoms with Crippen LogP contribution in [0.1, 0.15) is 0 Å². The lowest BCUT2D eigenvalue weighted by Crippen LogP contribution is -1.98. The molecule has 0 atom stereocenters. The zero-order valence-electron chi connectivity index (χ0n) is 3.87. The zero-order valence-corrected chi connectivity index (χ0v) is 3.87. The minimum Gasteiger partial charge on any atom is -0.398 e. The second-order valence-corrected chi connectivity index (χ2v) is 0.921. The molecular weight excluding hydrogens is 110 g/mol. The minimum absolute atomic E-state index is 0.634. The van der Waals surface area contributed by atoms with Gasteiger partial charge in [-0.15, -0.1) is 0 Å². The molecule has 5 heteroatoms. The Bertz CT molecular complexity index is 166. The van der Waals surface area contributed by atoms with Crippen molar-refractivity contribution in [3.63, 3.8) is 0 Å². The van der Waals surface area contributed by atoms with Gasteiger partial charge in [0.2, 0.25) is 0 Å². The van der Waals surface area contributed by atoms with Crippen molar-refractivity contribution >= 4 is 0 Å². The SMILES string of the molecule is N#C/C(=C/N)[N+](=O)[O-]. The van der Waals surface area contributed by atoms with E-state index in [0.29, 0.717) is 6.20 Å². The van der Waals surface area contributed by atoms with Crippen molar-refractivity contribution in [2.24, 2.45) is 5.73 Å². The highest BCUT2D eigenvalue weighted by molar-refractivity contribution is 5.09. The maximum Gasteiger partial charge on any atom is 0.360 e. The number of rotatable bonds is 1. The molecule has 0 spiro atoms. The van der Waals surface area contributed by atoms with E-state index in [2.05, 4.69) is 5.73 Å². The molecule has 0 amide bonds. The third kappa shape index (κ3) is 1.26. The van der Waals surface area contributed by atoms with Crippen LogP contribution in [0.2, 0.25) is 0 Å². The summed E-state index contributed by atoms with van der Waals surface area (Å²) in [6.07, 6.45) is 0.653. The molecule has 0 fully saturated rings. The van der Waals surface area contributed by atoms with Gasteiger partial charge in [0.25, 0.3) is 0 Å². The summed E-state index contributed by atoms with van der Waals surface area (Å²) in [5, 5.41) is 17.5. The largest absolute Gasteiger partial charge is 0.398 e. The Morgan fingerprint density at radius 3 is 2.50 bits per heavy atom. The first-order chi connectivity index (χ1) is 3.72. The number of nitro groups is 1. The van der Waals surface area contributed by atoms with Gasteiger partial charge in [0.05, 0.1) is 11.1 Å². The summed E-state index contributed by atoms with van der Waals surface area (Å²) in [6, 6.07) is 1.29. The van der Waals surface area contributed by atoms with Gasteiger partial charge in [0, 0.05) is 0 Å². The average Bonchev–Trinajstić information content (AvgIpc) is 1.69. The van der Waals surface area contributed by atoms with Crippen LogP contribution >= 0.6 is 0 Å². The maximum atomic E-state index is 9.60. The molecule has 0 aromatic carbocycles. The third-order valence-corrected chi connectivity index (χ3v) is 0.469. The molecule has 42 valence electrons. The lowest BCUT2D eigenvalue weighted by Gasteiger charge is -1.78. The van der Waals surface area contributed by atoms with Crippen molar-refractivity contribution in [3.05, 3.63) is 22.0 Å². The molecule has 8 heavy (non-hydrogen) atoms. The van der Waals surface area contributed by atoms with Gasteiger partial charge in [-0.05, 0) is 0 Å². The van der Waals surface area contributed by atoms with E-state index in [1.165, 1.54) is 6.07 Å². The van der Waals surface area contributed by atoms with Crippen molar-refractivity contribution in [1.29, 1.82) is 5.26 Å². The molecule has 0 heterocycles. The molecule has 0 aliphatic carbocycles. The highest BCUT2D eigenvalue weighted by atomic mass is 16.6. The predicted octanol–water partition coefficient (Wildman–Crippen LogP) is -0.413. The number of nitrogens with zero attached hydrogens (tertiary/aromatic N) is 2. The van der Waals surface area contributed by atoms with Crippen LogP contribution in [0, 0.1) is 21.4 Å². The Hall–Kier alpha value is -1.57. The Morgan fingerprint density at radius 2 is 2.50 bits per heavy atom. The topological polar surface area (TPSA) is 93.0 Å². The summed E-state index contributed by atoms with van der Waals surface area (Å²) in [6.45, 7) is 0. The second-order valence-electron chi connectivity index (χ2n) is 0.921. The van der Waals surface area contributed by atoms with Gasteiger partial charge in [-0.1, -0.05) is 0 Å². The van der Waals surface area contributed by atoms with Gasteiger partial charge in [-0.3, -0.25) is 10.1 Å². The third-order valence-electron chi connectivity index (χ3n) is 0.469. The number of hydrogen-bond donors (Lipinski definition) is 1. The minimum atomic E-state index is -0.847. The Kier molecular flexibility index (Phi) is 2.07. The van der Waals surface area contributed by atoms with Crippen LogP contribution in [0.25, 0.3) is 0 Å². The summed E-state index contributed by atoms with van der Waals surface area (Å²) >= 11 is 0. The first-order valence-corrected chi connectivity index (χ1v) is 1.68. The first-order valence-electron chi connectivity index (χ1n) is 1.68. The number of nitrogens with two attached hydrogens (primary N) is 1. The van der Waals surface area contributed by atoms with Gasteiger partial charge >= 0.3 is 5.70 Å². The molecule has 0 rings (SSSR count). The number of hydrogen-bond acceptors (Lipinski definition) is 4. The quantitative estimate of drug-likeness (QED) is 0.284. The highest BCUT2D eigenvalue weighted by Crippen LogP contribution is 1.86. The zero-order chi connectivity index (χ0) is 6.57. The molecule has 0 aromatic heterocycles. The molecule has 0 saturated carbocycles.